The summed E-state index contributed by atoms with van der Waals surface area (Å²) >= 11 is 1.33. The molecule has 1 unspecified atom stereocenters. The van der Waals surface area contributed by atoms with E-state index in [0.29, 0.717) is 26.2 Å². The SMILES string of the molecule is CC(C)(C)c1nsc(NCC2(O)CCOC2)n1. The first-order chi connectivity index (χ1) is 7.89. The van der Waals surface area contributed by atoms with E-state index in [4.69, 9.17) is 4.74 Å². The van der Waals surface area contributed by atoms with Crippen LogP contribution in [-0.4, -0.2) is 39.8 Å². The van der Waals surface area contributed by atoms with Gasteiger partial charge >= 0.3 is 0 Å². The average Bonchev–Trinajstić information content (AvgIpc) is 2.83. The molecule has 2 N–H and O–H groups in total. The lowest BCUT2D eigenvalue weighted by atomic mass is 9.96. The molecule has 0 saturated carbocycles. The highest BCUT2D eigenvalue weighted by atomic mass is 32.1. The van der Waals surface area contributed by atoms with E-state index in [1.807, 2.05) is 0 Å². The Bertz CT molecular complexity index is 380. The lowest BCUT2D eigenvalue weighted by Gasteiger charge is -2.20. The van der Waals surface area contributed by atoms with Gasteiger partial charge in [0.2, 0.25) is 5.13 Å². The van der Waals surface area contributed by atoms with Gasteiger partial charge < -0.3 is 15.2 Å². The van der Waals surface area contributed by atoms with Gasteiger partial charge in [-0.05, 0) is 0 Å². The molecule has 1 aliphatic heterocycles. The van der Waals surface area contributed by atoms with Crippen LogP contribution in [0.1, 0.15) is 33.0 Å². The van der Waals surface area contributed by atoms with E-state index in [-0.39, 0.29) is 5.41 Å². The highest BCUT2D eigenvalue weighted by molar-refractivity contribution is 7.09. The molecule has 96 valence electrons. The number of aliphatic hydroxyl groups is 1. The van der Waals surface area contributed by atoms with E-state index >= 15 is 0 Å². The van der Waals surface area contributed by atoms with E-state index in [9.17, 15) is 5.11 Å². The summed E-state index contributed by atoms with van der Waals surface area (Å²) in [6, 6.07) is 0. The molecule has 1 saturated heterocycles. The molecule has 0 amide bonds. The van der Waals surface area contributed by atoms with Crippen molar-refractivity contribution in [3.63, 3.8) is 0 Å². The highest BCUT2D eigenvalue weighted by Gasteiger charge is 2.32. The van der Waals surface area contributed by atoms with E-state index in [1.54, 1.807) is 0 Å². The van der Waals surface area contributed by atoms with Crippen LogP contribution in [0.2, 0.25) is 0 Å². The van der Waals surface area contributed by atoms with Gasteiger partial charge in [0, 0.05) is 36.5 Å². The van der Waals surface area contributed by atoms with Gasteiger partial charge in [-0.3, -0.25) is 0 Å². The minimum atomic E-state index is -0.756. The summed E-state index contributed by atoms with van der Waals surface area (Å²) in [4.78, 5) is 4.42. The van der Waals surface area contributed by atoms with Gasteiger partial charge in [-0.25, -0.2) is 4.98 Å². The maximum absolute atomic E-state index is 10.1. The molecule has 1 aromatic heterocycles. The molecule has 0 aromatic carbocycles. The minimum absolute atomic E-state index is 0.0379. The van der Waals surface area contributed by atoms with Gasteiger partial charge in [0.05, 0.1) is 6.61 Å². The molecule has 1 aromatic rings. The Labute approximate surface area is 105 Å². The maximum Gasteiger partial charge on any atom is 0.202 e. The third-order valence-corrected chi connectivity index (χ3v) is 3.42. The minimum Gasteiger partial charge on any atom is -0.386 e. The summed E-state index contributed by atoms with van der Waals surface area (Å²) in [5.74, 6) is 0.833. The molecular formula is C11H19N3O2S. The molecule has 0 bridgehead atoms. The molecular weight excluding hydrogens is 238 g/mol. The molecule has 1 fully saturated rings. The Hall–Kier alpha value is -0.720. The fourth-order valence-corrected chi connectivity index (χ4v) is 2.33. The van der Waals surface area contributed by atoms with Crippen LogP contribution < -0.4 is 5.32 Å². The van der Waals surface area contributed by atoms with Gasteiger partial charge in [0.1, 0.15) is 11.4 Å². The molecule has 5 nitrogen and oxygen atoms in total. The van der Waals surface area contributed by atoms with Gasteiger partial charge in [-0.1, -0.05) is 20.8 Å². The number of anilines is 1. The Morgan fingerprint density at radius 2 is 2.29 bits per heavy atom. The van der Waals surface area contributed by atoms with Crippen LogP contribution in [-0.2, 0) is 10.2 Å². The summed E-state index contributed by atoms with van der Waals surface area (Å²) in [6.45, 7) is 7.73. The van der Waals surface area contributed by atoms with Crippen molar-refractivity contribution in [3.8, 4) is 0 Å². The van der Waals surface area contributed by atoms with Gasteiger partial charge in [0.15, 0.2) is 0 Å². The molecule has 0 spiro atoms. The number of rotatable bonds is 3. The monoisotopic (exact) mass is 257 g/mol. The van der Waals surface area contributed by atoms with Gasteiger partial charge in [-0.2, -0.15) is 4.37 Å². The van der Waals surface area contributed by atoms with Crippen molar-refractivity contribution >= 4 is 16.7 Å². The summed E-state index contributed by atoms with van der Waals surface area (Å²) < 4.78 is 9.50. The third kappa shape index (κ3) is 3.14. The first kappa shape index (κ1) is 12.7. The fraction of sp³-hybridized carbons (Fsp3) is 0.818. The molecule has 6 heteroatoms. The average molecular weight is 257 g/mol. The summed E-state index contributed by atoms with van der Waals surface area (Å²) in [6.07, 6.45) is 0.672. The second-order valence-corrected chi connectivity index (χ2v) is 6.31. The topological polar surface area (TPSA) is 67.3 Å². The van der Waals surface area contributed by atoms with Crippen LogP contribution in [0.3, 0.4) is 0 Å². The number of hydrogen-bond donors (Lipinski definition) is 2. The van der Waals surface area contributed by atoms with Crippen molar-refractivity contribution in [1.82, 2.24) is 9.36 Å². The van der Waals surface area contributed by atoms with E-state index in [2.05, 4.69) is 35.4 Å². The van der Waals surface area contributed by atoms with Crippen LogP contribution in [0.5, 0.6) is 0 Å². The zero-order chi connectivity index (χ0) is 12.5. The third-order valence-electron chi connectivity index (χ3n) is 2.75. The maximum atomic E-state index is 10.1. The van der Waals surface area contributed by atoms with Crippen LogP contribution in [0.25, 0.3) is 0 Å². The molecule has 17 heavy (non-hydrogen) atoms. The van der Waals surface area contributed by atoms with Crippen molar-refractivity contribution in [2.75, 3.05) is 25.1 Å². The Kier molecular flexibility index (Phi) is 3.38. The normalized spacial score (nSPS) is 25.2. The number of ether oxygens (including phenoxy) is 1. The Balaban J connectivity index is 1.93. The number of hydrogen-bond acceptors (Lipinski definition) is 6. The van der Waals surface area contributed by atoms with Crippen molar-refractivity contribution in [3.05, 3.63) is 5.82 Å². The lowest BCUT2D eigenvalue weighted by Crippen LogP contribution is -2.37. The van der Waals surface area contributed by atoms with Crippen molar-refractivity contribution < 1.29 is 9.84 Å². The second kappa shape index (κ2) is 4.51. The summed E-state index contributed by atoms with van der Waals surface area (Å²) in [5, 5.41) is 14.0. The smallest absolute Gasteiger partial charge is 0.202 e. The fourth-order valence-electron chi connectivity index (χ4n) is 1.58. The zero-order valence-corrected chi connectivity index (χ0v) is 11.3. The van der Waals surface area contributed by atoms with Crippen LogP contribution in [0.4, 0.5) is 5.13 Å². The van der Waals surface area contributed by atoms with E-state index in [0.717, 1.165) is 11.0 Å². The molecule has 1 aliphatic rings. The molecule has 2 rings (SSSR count). The van der Waals surface area contributed by atoms with E-state index in [1.165, 1.54) is 11.5 Å². The molecule has 1 atom stereocenters. The molecule has 0 radical (unpaired) electrons. The van der Waals surface area contributed by atoms with Crippen LogP contribution in [0.15, 0.2) is 0 Å². The standard InChI is InChI=1S/C11H19N3O2S/c1-10(2,3)8-13-9(17-14-8)12-6-11(15)4-5-16-7-11/h15H,4-7H2,1-3H3,(H,12,13,14). The number of aromatic nitrogens is 2. The van der Waals surface area contributed by atoms with Gasteiger partial charge in [0.25, 0.3) is 0 Å². The Morgan fingerprint density at radius 3 is 2.82 bits per heavy atom. The summed E-state index contributed by atoms with van der Waals surface area (Å²) in [5.41, 5.74) is -0.794. The van der Waals surface area contributed by atoms with Crippen molar-refractivity contribution in [2.45, 2.75) is 38.2 Å². The number of nitrogens with one attached hydrogen (secondary N) is 1. The second-order valence-electron chi connectivity index (χ2n) is 5.55. The Morgan fingerprint density at radius 1 is 1.53 bits per heavy atom. The largest absolute Gasteiger partial charge is 0.386 e. The van der Waals surface area contributed by atoms with Crippen LogP contribution in [0, 0.1) is 0 Å². The first-order valence-electron chi connectivity index (χ1n) is 5.77. The predicted molar refractivity (Wildman–Crippen MR) is 67.5 cm³/mol. The molecule has 2 heterocycles. The van der Waals surface area contributed by atoms with Crippen molar-refractivity contribution in [2.24, 2.45) is 0 Å². The van der Waals surface area contributed by atoms with Crippen molar-refractivity contribution in [1.29, 1.82) is 0 Å². The zero-order valence-electron chi connectivity index (χ0n) is 10.5. The predicted octanol–water partition coefficient (Wildman–Crippen LogP) is 1.40. The van der Waals surface area contributed by atoms with Gasteiger partial charge in [-0.15, -0.1) is 0 Å². The quantitative estimate of drug-likeness (QED) is 0.856. The molecule has 0 aliphatic carbocycles. The van der Waals surface area contributed by atoms with Crippen LogP contribution >= 0.6 is 11.5 Å². The highest BCUT2D eigenvalue weighted by Crippen LogP contribution is 2.24. The summed E-state index contributed by atoms with van der Waals surface area (Å²) in [7, 11) is 0. The van der Waals surface area contributed by atoms with E-state index < -0.39 is 5.60 Å². The lowest BCUT2D eigenvalue weighted by molar-refractivity contribution is 0.0382. The number of nitrogens with zero attached hydrogens (tertiary/aromatic N) is 2. The first-order valence-corrected chi connectivity index (χ1v) is 6.55.